The zero-order chi connectivity index (χ0) is 16.5. The molecule has 0 bridgehead atoms. The predicted octanol–water partition coefficient (Wildman–Crippen LogP) is 2.57. The summed E-state index contributed by atoms with van der Waals surface area (Å²) in [5, 5.41) is 6.61. The number of guanidine groups is 1. The molecule has 1 aliphatic rings. The first kappa shape index (κ1) is 17.6. The standard InChI is InChI=1S/C18H29N3O2/c1-4-19-18(21-14(2)12-22-3)20-11-16-7-5-6-8-17(16)23-13-15-9-10-15/h5-8,14-15H,4,9-13H2,1-3H3,(H2,19,20,21). The largest absolute Gasteiger partial charge is 0.493 e. The van der Waals surface area contributed by atoms with Gasteiger partial charge in [-0.1, -0.05) is 18.2 Å². The van der Waals surface area contributed by atoms with E-state index in [1.807, 2.05) is 18.2 Å². The smallest absolute Gasteiger partial charge is 0.191 e. The van der Waals surface area contributed by atoms with Gasteiger partial charge in [-0.05, 0) is 38.7 Å². The molecule has 1 aromatic rings. The molecule has 0 spiro atoms. The fraction of sp³-hybridized carbons (Fsp3) is 0.611. The third kappa shape index (κ3) is 6.48. The minimum absolute atomic E-state index is 0.208. The van der Waals surface area contributed by atoms with Gasteiger partial charge in [-0.2, -0.15) is 0 Å². The molecule has 1 fully saturated rings. The van der Waals surface area contributed by atoms with Gasteiger partial charge in [0.05, 0.1) is 19.8 Å². The number of benzene rings is 1. The molecular formula is C18H29N3O2. The van der Waals surface area contributed by atoms with Gasteiger partial charge in [-0.3, -0.25) is 0 Å². The molecular weight excluding hydrogens is 290 g/mol. The molecule has 5 nitrogen and oxygen atoms in total. The Balaban J connectivity index is 1.96. The molecule has 1 saturated carbocycles. The maximum atomic E-state index is 5.94. The zero-order valence-corrected chi connectivity index (χ0v) is 14.5. The molecule has 0 aromatic heterocycles. The number of para-hydroxylation sites is 1. The summed E-state index contributed by atoms with van der Waals surface area (Å²) < 4.78 is 11.1. The van der Waals surface area contributed by atoms with Crippen LogP contribution in [-0.4, -0.2) is 38.9 Å². The maximum absolute atomic E-state index is 5.94. The number of hydrogen-bond acceptors (Lipinski definition) is 3. The zero-order valence-electron chi connectivity index (χ0n) is 14.5. The minimum Gasteiger partial charge on any atom is -0.493 e. The first-order chi connectivity index (χ1) is 11.2. The van der Waals surface area contributed by atoms with Crippen LogP contribution in [0.5, 0.6) is 5.75 Å². The number of nitrogens with one attached hydrogen (secondary N) is 2. The average molecular weight is 319 g/mol. The molecule has 0 aliphatic heterocycles. The third-order valence-corrected chi connectivity index (χ3v) is 3.70. The first-order valence-corrected chi connectivity index (χ1v) is 8.47. The maximum Gasteiger partial charge on any atom is 0.191 e. The lowest BCUT2D eigenvalue weighted by Gasteiger charge is -2.17. The highest BCUT2D eigenvalue weighted by Gasteiger charge is 2.22. The van der Waals surface area contributed by atoms with Crippen molar-refractivity contribution in [3.63, 3.8) is 0 Å². The van der Waals surface area contributed by atoms with E-state index in [0.717, 1.165) is 36.3 Å². The Morgan fingerprint density at radius 2 is 2.13 bits per heavy atom. The van der Waals surface area contributed by atoms with Crippen LogP contribution in [0, 0.1) is 5.92 Å². The summed E-state index contributed by atoms with van der Waals surface area (Å²) >= 11 is 0. The molecule has 1 aromatic carbocycles. The number of methoxy groups -OCH3 is 1. The van der Waals surface area contributed by atoms with E-state index in [4.69, 9.17) is 9.47 Å². The molecule has 5 heteroatoms. The second-order valence-corrected chi connectivity index (χ2v) is 6.06. The molecule has 0 amide bonds. The van der Waals surface area contributed by atoms with Crippen LogP contribution in [0.3, 0.4) is 0 Å². The summed E-state index contributed by atoms with van der Waals surface area (Å²) in [6, 6.07) is 8.36. The second kappa shape index (κ2) is 9.40. The fourth-order valence-electron chi connectivity index (χ4n) is 2.28. The normalized spacial score (nSPS) is 16.0. The van der Waals surface area contributed by atoms with Crippen LogP contribution >= 0.6 is 0 Å². The molecule has 23 heavy (non-hydrogen) atoms. The molecule has 2 N–H and O–H groups in total. The van der Waals surface area contributed by atoms with Crippen LogP contribution in [0.15, 0.2) is 29.3 Å². The molecule has 1 aliphatic carbocycles. The highest BCUT2D eigenvalue weighted by atomic mass is 16.5. The van der Waals surface area contributed by atoms with Crippen molar-refractivity contribution in [1.82, 2.24) is 10.6 Å². The topological polar surface area (TPSA) is 54.9 Å². The quantitative estimate of drug-likeness (QED) is 0.542. The van der Waals surface area contributed by atoms with Crippen molar-refractivity contribution in [1.29, 1.82) is 0 Å². The van der Waals surface area contributed by atoms with Gasteiger partial charge in [-0.25, -0.2) is 4.99 Å². The summed E-state index contributed by atoms with van der Waals surface area (Å²) in [6.07, 6.45) is 2.60. The summed E-state index contributed by atoms with van der Waals surface area (Å²) in [4.78, 5) is 4.67. The van der Waals surface area contributed by atoms with E-state index in [-0.39, 0.29) is 6.04 Å². The van der Waals surface area contributed by atoms with E-state index in [1.54, 1.807) is 7.11 Å². The molecule has 1 atom stereocenters. The van der Waals surface area contributed by atoms with Crippen LogP contribution in [0.1, 0.15) is 32.3 Å². The molecule has 0 heterocycles. The lowest BCUT2D eigenvalue weighted by molar-refractivity contribution is 0.179. The van der Waals surface area contributed by atoms with E-state index in [1.165, 1.54) is 12.8 Å². The van der Waals surface area contributed by atoms with Crippen LogP contribution in [0.4, 0.5) is 0 Å². The third-order valence-electron chi connectivity index (χ3n) is 3.70. The van der Waals surface area contributed by atoms with E-state index < -0.39 is 0 Å². The van der Waals surface area contributed by atoms with Crippen LogP contribution < -0.4 is 15.4 Å². The Morgan fingerprint density at radius 3 is 2.83 bits per heavy atom. The lowest BCUT2D eigenvalue weighted by Crippen LogP contribution is -2.43. The van der Waals surface area contributed by atoms with Crippen molar-refractivity contribution in [3.05, 3.63) is 29.8 Å². The second-order valence-electron chi connectivity index (χ2n) is 6.06. The summed E-state index contributed by atoms with van der Waals surface area (Å²) in [5.41, 5.74) is 1.12. The van der Waals surface area contributed by atoms with Crippen molar-refractivity contribution in [2.75, 3.05) is 26.9 Å². The number of nitrogens with zero attached hydrogens (tertiary/aromatic N) is 1. The molecule has 2 rings (SSSR count). The van der Waals surface area contributed by atoms with Crippen molar-refractivity contribution >= 4 is 5.96 Å². The highest BCUT2D eigenvalue weighted by Crippen LogP contribution is 2.30. The van der Waals surface area contributed by atoms with E-state index in [9.17, 15) is 0 Å². The van der Waals surface area contributed by atoms with Crippen LogP contribution in [0.2, 0.25) is 0 Å². The predicted molar refractivity (Wildman–Crippen MR) is 94.0 cm³/mol. The van der Waals surface area contributed by atoms with Crippen molar-refractivity contribution < 1.29 is 9.47 Å². The van der Waals surface area contributed by atoms with Gasteiger partial charge >= 0.3 is 0 Å². The van der Waals surface area contributed by atoms with E-state index in [0.29, 0.717) is 13.2 Å². The Morgan fingerprint density at radius 1 is 1.35 bits per heavy atom. The minimum atomic E-state index is 0.208. The van der Waals surface area contributed by atoms with Gasteiger partial charge in [-0.15, -0.1) is 0 Å². The number of aliphatic imine (C=N–C) groups is 1. The van der Waals surface area contributed by atoms with Gasteiger partial charge in [0.25, 0.3) is 0 Å². The Labute approximate surface area is 139 Å². The van der Waals surface area contributed by atoms with Crippen molar-refractivity contribution in [2.24, 2.45) is 10.9 Å². The van der Waals surface area contributed by atoms with Gasteiger partial charge in [0.1, 0.15) is 5.75 Å². The summed E-state index contributed by atoms with van der Waals surface area (Å²) in [6.45, 7) is 7.02. The Kier molecular flexibility index (Phi) is 7.20. The SMILES string of the molecule is CCNC(=NCc1ccccc1OCC1CC1)NC(C)COC. The summed E-state index contributed by atoms with van der Waals surface area (Å²) in [5.74, 6) is 2.50. The Hall–Kier alpha value is -1.75. The van der Waals surface area contributed by atoms with Crippen LogP contribution in [0.25, 0.3) is 0 Å². The van der Waals surface area contributed by atoms with Gasteiger partial charge < -0.3 is 20.1 Å². The van der Waals surface area contributed by atoms with Crippen molar-refractivity contribution in [2.45, 2.75) is 39.3 Å². The highest BCUT2D eigenvalue weighted by molar-refractivity contribution is 5.80. The monoisotopic (exact) mass is 319 g/mol. The number of rotatable bonds is 9. The lowest BCUT2D eigenvalue weighted by atomic mass is 10.2. The molecule has 128 valence electrons. The van der Waals surface area contributed by atoms with Crippen LogP contribution in [-0.2, 0) is 11.3 Å². The number of ether oxygens (including phenoxy) is 2. The molecule has 0 radical (unpaired) electrons. The van der Waals surface area contributed by atoms with Crippen molar-refractivity contribution in [3.8, 4) is 5.75 Å². The van der Waals surface area contributed by atoms with E-state index >= 15 is 0 Å². The molecule has 1 unspecified atom stereocenters. The van der Waals surface area contributed by atoms with Gasteiger partial charge in [0, 0.05) is 25.3 Å². The number of hydrogen-bond donors (Lipinski definition) is 2. The first-order valence-electron chi connectivity index (χ1n) is 8.47. The fourth-order valence-corrected chi connectivity index (χ4v) is 2.28. The van der Waals surface area contributed by atoms with E-state index in [2.05, 4.69) is 35.5 Å². The molecule has 0 saturated heterocycles. The average Bonchev–Trinajstić information content (AvgIpc) is 3.36. The Bertz CT molecular complexity index is 501. The van der Waals surface area contributed by atoms with Gasteiger partial charge in [0.2, 0.25) is 0 Å². The van der Waals surface area contributed by atoms with Gasteiger partial charge in [0.15, 0.2) is 5.96 Å². The summed E-state index contributed by atoms with van der Waals surface area (Å²) in [7, 11) is 1.70.